The number of aromatic nitrogens is 2. The first-order valence-electron chi connectivity index (χ1n) is 9.85. The summed E-state index contributed by atoms with van der Waals surface area (Å²) in [4.78, 5) is 17.0. The van der Waals surface area contributed by atoms with Crippen molar-refractivity contribution in [3.05, 3.63) is 49.1 Å². The number of nitrogens with zero attached hydrogens (tertiary/aromatic N) is 2. The SMILES string of the molecule is CC(C)(C)C(OC(=O)C1CCCCC1)C(Oc1ccccc1)n1ccnc1. The maximum Gasteiger partial charge on any atom is 0.309 e. The van der Waals surface area contributed by atoms with Gasteiger partial charge in [-0.2, -0.15) is 0 Å². The number of esters is 1. The van der Waals surface area contributed by atoms with E-state index in [1.54, 1.807) is 12.5 Å². The Balaban J connectivity index is 1.85. The zero-order chi connectivity index (χ0) is 19.3. The van der Waals surface area contributed by atoms with Crippen LogP contribution in [0.15, 0.2) is 49.1 Å². The van der Waals surface area contributed by atoms with Crippen LogP contribution in [-0.2, 0) is 9.53 Å². The molecule has 2 unspecified atom stereocenters. The largest absolute Gasteiger partial charge is 0.466 e. The molecule has 146 valence electrons. The van der Waals surface area contributed by atoms with Crippen LogP contribution in [0.2, 0.25) is 0 Å². The average Bonchev–Trinajstić information content (AvgIpc) is 3.19. The number of para-hydroxylation sites is 1. The molecule has 2 atom stereocenters. The van der Waals surface area contributed by atoms with E-state index < -0.39 is 12.3 Å². The quantitative estimate of drug-likeness (QED) is 0.672. The summed E-state index contributed by atoms with van der Waals surface area (Å²) in [5, 5.41) is 0. The van der Waals surface area contributed by atoms with Crippen molar-refractivity contribution in [1.82, 2.24) is 9.55 Å². The van der Waals surface area contributed by atoms with Crippen molar-refractivity contribution in [3.8, 4) is 5.75 Å². The third-order valence-electron chi connectivity index (χ3n) is 5.11. The minimum atomic E-state index is -0.484. The molecule has 0 spiro atoms. The van der Waals surface area contributed by atoms with E-state index in [2.05, 4.69) is 25.8 Å². The van der Waals surface area contributed by atoms with Gasteiger partial charge in [-0.15, -0.1) is 0 Å². The first kappa shape index (κ1) is 19.5. The standard InChI is InChI=1S/C22H30N2O3/c1-22(2,3)19(27-21(25)17-10-6-4-7-11-17)20(24-15-14-23-16-24)26-18-12-8-5-9-13-18/h5,8-9,12-17,19-20H,4,6-7,10-11H2,1-3H3. The molecule has 1 heterocycles. The first-order chi connectivity index (χ1) is 12.9. The molecule has 27 heavy (non-hydrogen) atoms. The van der Waals surface area contributed by atoms with E-state index in [4.69, 9.17) is 9.47 Å². The molecule has 1 fully saturated rings. The lowest BCUT2D eigenvalue weighted by molar-refractivity contribution is -0.174. The lowest BCUT2D eigenvalue weighted by Gasteiger charge is -2.37. The Morgan fingerprint density at radius 1 is 1.15 bits per heavy atom. The van der Waals surface area contributed by atoms with Gasteiger partial charge in [0.2, 0.25) is 6.23 Å². The molecular formula is C22H30N2O3. The highest BCUT2D eigenvalue weighted by Gasteiger charge is 2.40. The Bertz CT molecular complexity index is 701. The van der Waals surface area contributed by atoms with E-state index in [1.807, 2.05) is 41.1 Å². The molecule has 0 N–H and O–H groups in total. The van der Waals surface area contributed by atoms with Crippen molar-refractivity contribution in [2.24, 2.45) is 11.3 Å². The third-order valence-corrected chi connectivity index (χ3v) is 5.11. The second-order valence-electron chi connectivity index (χ2n) is 8.39. The lowest BCUT2D eigenvalue weighted by Crippen LogP contribution is -2.43. The predicted molar refractivity (Wildman–Crippen MR) is 104 cm³/mol. The second-order valence-corrected chi connectivity index (χ2v) is 8.39. The Kier molecular flexibility index (Phi) is 6.19. The number of imidazole rings is 1. The normalized spacial score (nSPS) is 17.9. The van der Waals surface area contributed by atoms with E-state index in [0.29, 0.717) is 0 Å². The molecule has 1 aliphatic carbocycles. The van der Waals surface area contributed by atoms with Gasteiger partial charge in [0.25, 0.3) is 0 Å². The van der Waals surface area contributed by atoms with Gasteiger partial charge in [0, 0.05) is 17.8 Å². The summed E-state index contributed by atoms with van der Waals surface area (Å²) in [6.07, 6.45) is 9.60. The molecule has 1 aliphatic rings. The highest BCUT2D eigenvalue weighted by Crippen LogP contribution is 2.35. The Morgan fingerprint density at radius 2 is 1.85 bits per heavy atom. The minimum Gasteiger partial charge on any atom is -0.466 e. The van der Waals surface area contributed by atoms with E-state index in [9.17, 15) is 4.79 Å². The summed E-state index contributed by atoms with van der Waals surface area (Å²) < 4.78 is 14.3. The van der Waals surface area contributed by atoms with Crippen LogP contribution in [0.4, 0.5) is 0 Å². The molecule has 0 radical (unpaired) electrons. The van der Waals surface area contributed by atoms with Crippen LogP contribution in [0.3, 0.4) is 0 Å². The number of carbonyl (C=O) groups excluding carboxylic acids is 1. The summed E-state index contributed by atoms with van der Waals surface area (Å²) in [6, 6.07) is 9.63. The van der Waals surface area contributed by atoms with E-state index in [0.717, 1.165) is 31.4 Å². The van der Waals surface area contributed by atoms with E-state index in [1.165, 1.54) is 6.42 Å². The van der Waals surface area contributed by atoms with Crippen molar-refractivity contribution < 1.29 is 14.3 Å². The van der Waals surface area contributed by atoms with Gasteiger partial charge in [-0.3, -0.25) is 9.36 Å². The van der Waals surface area contributed by atoms with Crippen LogP contribution in [0.25, 0.3) is 0 Å². The molecule has 0 amide bonds. The Labute approximate surface area is 161 Å². The zero-order valence-electron chi connectivity index (χ0n) is 16.5. The van der Waals surface area contributed by atoms with Gasteiger partial charge in [0.15, 0.2) is 6.10 Å². The van der Waals surface area contributed by atoms with Gasteiger partial charge in [0.05, 0.1) is 12.2 Å². The summed E-state index contributed by atoms with van der Waals surface area (Å²) in [5.74, 6) is 0.638. The lowest BCUT2D eigenvalue weighted by atomic mass is 9.86. The fourth-order valence-corrected chi connectivity index (χ4v) is 3.56. The van der Waals surface area contributed by atoms with Crippen molar-refractivity contribution in [3.63, 3.8) is 0 Å². The number of ether oxygens (including phenoxy) is 2. The van der Waals surface area contributed by atoms with Crippen LogP contribution < -0.4 is 4.74 Å². The number of rotatable bonds is 6. The average molecular weight is 370 g/mol. The predicted octanol–water partition coefficient (Wildman–Crippen LogP) is 5.00. The maximum absolute atomic E-state index is 12.9. The molecule has 5 nitrogen and oxygen atoms in total. The second kappa shape index (κ2) is 8.59. The van der Waals surface area contributed by atoms with Crippen molar-refractivity contribution in [1.29, 1.82) is 0 Å². The Hall–Kier alpha value is -2.30. The van der Waals surface area contributed by atoms with Crippen molar-refractivity contribution in [2.45, 2.75) is 65.2 Å². The summed E-state index contributed by atoms with van der Waals surface area (Å²) in [5.41, 5.74) is -0.298. The molecule has 1 aromatic carbocycles. The molecular weight excluding hydrogens is 340 g/mol. The summed E-state index contributed by atoms with van der Waals surface area (Å²) in [6.45, 7) is 6.22. The molecule has 3 rings (SSSR count). The summed E-state index contributed by atoms with van der Waals surface area (Å²) >= 11 is 0. The molecule has 0 aliphatic heterocycles. The molecule has 2 aromatic rings. The fraction of sp³-hybridized carbons (Fsp3) is 0.545. The smallest absolute Gasteiger partial charge is 0.309 e. The van der Waals surface area contributed by atoms with Gasteiger partial charge in [0.1, 0.15) is 5.75 Å². The van der Waals surface area contributed by atoms with Crippen LogP contribution in [0.1, 0.15) is 59.1 Å². The number of hydrogen-bond donors (Lipinski definition) is 0. The van der Waals surface area contributed by atoms with Gasteiger partial charge in [-0.1, -0.05) is 58.2 Å². The molecule has 1 saturated carbocycles. The van der Waals surface area contributed by atoms with Gasteiger partial charge >= 0.3 is 5.97 Å². The third kappa shape index (κ3) is 5.12. The van der Waals surface area contributed by atoms with Crippen LogP contribution in [-0.4, -0.2) is 21.6 Å². The van der Waals surface area contributed by atoms with Crippen molar-refractivity contribution >= 4 is 5.97 Å². The van der Waals surface area contributed by atoms with Gasteiger partial charge in [-0.25, -0.2) is 4.98 Å². The van der Waals surface area contributed by atoms with Crippen LogP contribution >= 0.6 is 0 Å². The highest BCUT2D eigenvalue weighted by atomic mass is 16.6. The highest BCUT2D eigenvalue weighted by molar-refractivity contribution is 5.72. The monoisotopic (exact) mass is 370 g/mol. The van der Waals surface area contributed by atoms with Crippen LogP contribution in [0, 0.1) is 11.3 Å². The topological polar surface area (TPSA) is 53.4 Å². The molecule has 0 bridgehead atoms. The van der Waals surface area contributed by atoms with E-state index in [-0.39, 0.29) is 17.3 Å². The fourth-order valence-electron chi connectivity index (χ4n) is 3.56. The maximum atomic E-state index is 12.9. The Morgan fingerprint density at radius 3 is 2.44 bits per heavy atom. The summed E-state index contributed by atoms with van der Waals surface area (Å²) in [7, 11) is 0. The van der Waals surface area contributed by atoms with Crippen molar-refractivity contribution in [2.75, 3.05) is 0 Å². The van der Waals surface area contributed by atoms with Gasteiger partial charge in [-0.05, 0) is 25.0 Å². The number of hydrogen-bond acceptors (Lipinski definition) is 4. The van der Waals surface area contributed by atoms with E-state index >= 15 is 0 Å². The molecule has 5 heteroatoms. The number of benzene rings is 1. The number of carbonyl (C=O) groups is 1. The first-order valence-corrected chi connectivity index (χ1v) is 9.85. The minimum absolute atomic E-state index is 0.00348. The molecule has 0 saturated heterocycles. The zero-order valence-corrected chi connectivity index (χ0v) is 16.5. The molecule has 1 aromatic heterocycles. The van der Waals surface area contributed by atoms with Crippen LogP contribution in [0.5, 0.6) is 5.75 Å². The van der Waals surface area contributed by atoms with Gasteiger partial charge < -0.3 is 9.47 Å².